The van der Waals surface area contributed by atoms with Gasteiger partial charge in [-0.3, -0.25) is 0 Å². The Labute approximate surface area is 303 Å². The molecule has 0 radical (unpaired) electrons. The maximum Gasteiger partial charge on any atom is 0.0547 e. The summed E-state index contributed by atoms with van der Waals surface area (Å²) in [5, 5.41) is 7.46. The Kier molecular flexibility index (Phi) is 7.18. The number of rotatable bonds is 6. The van der Waals surface area contributed by atoms with E-state index < -0.39 is 0 Å². The third-order valence-electron chi connectivity index (χ3n) is 10.3. The molecule has 0 spiro atoms. The molecule has 0 aliphatic heterocycles. The lowest BCUT2D eigenvalue weighted by Crippen LogP contribution is -2.10. The zero-order valence-corrected chi connectivity index (χ0v) is 28.5. The summed E-state index contributed by atoms with van der Waals surface area (Å²) in [6.45, 7) is 0. The van der Waals surface area contributed by atoms with Gasteiger partial charge in [-0.25, -0.2) is 0 Å². The molecule has 0 fully saturated rings. The smallest absolute Gasteiger partial charge is 0.0547 e. The number of hydrogen-bond acceptors (Lipinski definition) is 1. The van der Waals surface area contributed by atoms with E-state index in [1.165, 1.54) is 65.6 Å². The summed E-state index contributed by atoms with van der Waals surface area (Å²) >= 11 is 0. The molecule has 1 heterocycles. The third kappa shape index (κ3) is 4.96. The molecule has 2 nitrogen and oxygen atoms in total. The van der Waals surface area contributed by atoms with Gasteiger partial charge in [0.1, 0.15) is 0 Å². The van der Waals surface area contributed by atoms with Crippen LogP contribution in [0.4, 0.5) is 17.1 Å². The monoisotopic (exact) mass is 662 g/mol. The molecule has 244 valence electrons. The minimum Gasteiger partial charge on any atom is -0.310 e. The normalized spacial score (nSPS) is 11.5. The molecular formula is C50H34N2. The number of anilines is 3. The van der Waals surface area contributed by atoms with Crippen molar-refractivity contribution < 1.29 is 0 Å². The number of benzene rings is 9. The summed E-state index contributed by atoms with van der Waals surface area (Å²) in [5.74, 6) is 0. The minimum absolute atomic E-state index is 1.11. The summed E-state index contributed by atoms with van der Waals surface area (Å²) in [7, 11) is 0. The molecule has 0 amide bonds. The van der Waals surface area contributed by atoms with E-state index in [0.717, 1.165) is 22.7 Å². The van der Waals surface area contributed by atoms with Gasteiger partial charge < -0.3 is 9.47 Å². The Balaban J connectivity index is 1.18. The van der Waals surface area contributed by atoms with Crippen LogP contribution < -0.4 is 4.90 Å². The average molecular weight is 663 g/mol. The van der Waals surface area contributed by atoms with Gasteiger partial charge in [0, 0.05) is 33.2 Å². The first-order valence-corrected chi connectivity index (χ1v) is 17.9. The Morgan fingerprint density at radius 1 is 0.327 bits per heavy atom. The van der Waals surface area contributed by atoms with Crippen LogP contribution in [0.5, 0.6) is 0 Å². The summed E-state index contributed by atoms with van der Waals surface area (Å²) in [6.07, 6.45) is 0. The number of para-hydroxylation sites is 3. The zero-order chi connectivity index (χ0) is 34.4. The Morgan fingerprint density at radius 2 is 0.865 bits per heavy atom. The van der Waals surface area contributed by atoms with Gasteiger partial charge in [0.15, 0.2) is 0 Å². The lowest BCUT2D eigenvalue weighted by atomic mass is 9.92. The van der Waals surface area contributed by atoms with E-state index in [1.807, 2.05) is 0 Å². The van der Waals surface area contributed by atoms with Crippen LogP contribution in [-0.2, 0) is 0 Å². The topological polar surface area (TPSA) is 8.17 Å². The van der Waals surface area contributed by atoms with Crippen LogP contribution in [-0.4, -0.2) is 4.57 Å². The highest BCUT2D eigenvalue weighted by Gasteiger charge is 2.20. The molecule has 0 atom stereocenters. The van der Waals surface area contributed by atoms with Crippen molar-refractivity contribution in [3.63, 3.8) is 0 Å². The highest BCUT2D eigenvalue weighted by atomic mass is 15.1. The maximum absolute atomic E-state index is 2.40. The van der Waals surface area contributed by atoms with Crippen LogP contribution in [0, 0.1) is 0 Å². The van der Waals surface area contributed by atoms with Gasteiger partial charge in [-0.2, -0.15) is 0 Å². The fraction of sp³-hybridized carbons (Fsp3) is 0. The summed E-state index contributed by atoms with van der Waals surface area (Å²) in [4.78, 5) is 2.40. The first-order chi connectivity index (χ1) is 25.8. The molecule has 0 saturated carbocycles. The summed E-state index contributed by atoms with van der Waals surface area (Å²) < 4.78 is 2.40. The second-order valence-corrected chi connectivity index (χ2v) is 13.3. The fourth-order valence-corrected chi connectivity index (χ4v) is 7.98. The lowest BCUT2D eigenvalue weighted by molar-refractivity contribution is 1.18. The highest BCUT2D eigenvalue weighted by Crippen LogP contribution is 2.44. The standard InChI is InChI=1S/C50H34N2/c1-4-16-35(17-5-1)46-34-50-47(44-26-14-15-27-48(44)52(50)39-21-8-3-9-22-39)33-45(46)36-28-30-40(31-29-36)51(38-19-6-2-7-20-38)49-32-37-18-10-11-23-41(37)42-24-12-13-25-43(42)49/h1-34H. The molecule has 0 unspecified atom stereocenters. The van der Waals surface area contributed by atoms with Crippen molar-refractivity contribution >= 4 is 60.4 Å². The second-order valence-electron chi connectivity index (χ2n) is 13.3. The molecule has 10 aromatic rings. The molecule has 10 rings (SSSR count). The van der Waals surface area contributed by atoms with Gasteiger partial charge in [-0.1, -0.05) is 146 Å². The largest absolute Gasteiger partial charge is 0.310 e. The van der Waals surface area contributed by atoms with Gasteiger partial charge in [0.2, 0.25) is 0 Å². The number of nitrogens with zero attached hydrogens (tertiary/aromatic N) is 2. The van der Waals surface area contributed by atoms with E-state index in [9.17, 15) is 0 Å². The predicted octanol–water partition coefficient (Wildman–Crippen LogP) is 13.9. The van der Waals surface area contributed by atoms with Gasteiger partial charge in [0.25, 0.3) is 0 Å². The molecule has 0 N–H and O–H groups in total. The van der Waals surface area contributed by atoms with E-state index in [0.29, 0.717) is 0 Å². The van der Waals surface area contributed by atoms with Crippen molar-refractivity contribution in [3.05, 3.63) is 206 Å². The fourth-order valence-electron chi connectivity index (χ4n) is 7.98. The number of hydrogen-bond donors (Lipinski definition) is 0. The molecule has 52 heavy (non-hydrogen) atoms. The van der Waals surface area contributed by atoms with Crippen molar-refractivity contribution in [1.29, 1.82) is 0 Å². The average Bonchev–Trinajstić information content (AvgIpc) is 3.55. The molecule has 0 bridgehead atoms. The lowest BCUT2D eigenvalue weighted by Gasteiger charge is -2.28. The molecule has 1 aromatic heterocycles. The van der Waals surface area contributed by atoms with Crippen LogP contribution >= 0.6 is 0 Å². The van der Waals surface area contributed by atoms with Crippen LogP contribution in [0.2, 0.25) is 0 Å². The van der Waals surface area contributed by atoms with E-state index >= 15 is 0 Å². The van der Waals surface area contributed by atoms with Crippen LogP contribution in [0.15, 0.2) is 206 Å². The molecule has 0 aliphatic carbocycles. The molecule has 2 heteroatoms. The third-order valence-corrected chi connectivity index (χ3v) is 10.3. The van der Waals surface area contributed by atoms with Gasteiger partial charge in [-0.05, 0) is 99.1 Å². The van der Waals surface area contributed by atoms with Gasteiger partial charge in [0.05, 0.1) is 16.7 Å². The quantitative estimate of drug-likeness (QED) is 0.161. The zero-order valence-electron chi connectivity index (χ0n) is 28.5. The second kappa shape index (κ2) is 12.5. The molecule has 9 aromatic carbocycles. The van der Waals surface area contributed by atoms with Gasteiger partial charge in [-0.15, -0.1) is 0 Å². The van der Waals surface area contributed by atoms with Crippen molar-refractivity contribution in [2.45, 2.75) is 0 Å². The van der Waals surface area contributed by atoms with Crippen molar-refractivity contribution in [3.8, 4) is 27.9 Å². The van der Waals surface area contributed by atoms with E-state index in [4.69, 9.17) is 0 Å². The van der Waals surface area contributed by atoms with Crippen LogP contribution in [0.3, 0.4) is 0 Å². The van der Waals surface area contributed by atoms with Crippen molar-refractivity contribution in [1.82, 2.24) is 4.57 Å². The van der Waals surface area contributed by atoms with E-state index in [1.54, 1.807) is 0 Å². The van der Waals surface area contributed by atoms with Crippen LogP contribution in [0.1, 0.15) is 0 Å². The molecular weight excluding hydrogens is 629 g/mol. The Bertz CT molecular complexity index is 2870. The summed E-state index contributed by atoms with van der Waals surface area (Å²) in [6, 6.07) is 74.7. The summed E-state index contributed by atoms with van der Waals surface area (Å²) in [5.41, 5.74) is 11.8. The number of fused-ring (bicyclic) bond motifs is 6. The molecule has 0 aliphatic rings. The first-order valence-electron chi connectivity index (χ1n) is 17.9. The number of aromatic nitrogens is 1. The van der Waals surface area contributed by atoms with Crippen molar-refractivity contribution in [2.75, 3.05) is 4.90 Å². The first kappa shape index (κ1) is 30.0. The highest BCUT2D eigenvalue weighted by molar-refractivity contribution is 6.15. The van der Waals surface area contributed by atoms with E-state index in [2.05, 4.69) is 216 Å². The minimum atomic E-state index is 1.11. The Morgan fingerprint density at radius 3 is 1.62 bits per heavy atom. The van der Waals surface area contributed by atoms with E-state index in [-0.39, 0.29) is 0 Å². The Hall–Kier alpha value is -6.90. The molecule has 0 saturated heterocycles. The SMILES string of the molecule is c1ccc(-c2cc3c(cc2-c2ccc(N(c4ccccc4)c4cc5ccccc5c5ccccc45)cc2)c2ccccc2n3-c2ccccc2)cc1. The van der Waals surface area contributed by atoms with Gasteiger partial charge >= 0.3 is 0 Å². The maximum atomic E-state index is 2.40. The van der Waals surface area contributed by atoms with Crippen LogP contribution in [0.25, 0.3) is 71.3 Å². The van der Waals surface area contributed by atoms with Crippen molar-refractivity contribution in [2.24, 2.45) is 0 Å². The predicted molar refractivity (Wildman–Crippen MR) is 221 cm³/mol.